The molecule has 0 heterocycles. The zero-order chi connectivity index (χ0) is 10.8. The Balaban J connectivity index is 2.48. The van der Waals surface area contributed by atoms with Crippen molar-refractivity contribution in [1.82, 2.24) is 0 Å². The van der Waals surface area contributed by atoms with Crippen molar-refractivity contribution in [3.63, 3.8) is 0 Å². The lowest BCUT2D eigenvalue weighted by molar-refractivity contribution is 0.370. The standard InChI is InChI=1S/C8H13F2NO2S/c9-8(10)7-3-1-6(2-4-7)5-14(11,12)13/h6H,1-5H2,(H2,11,12,13). The van der Waals surface area contributed by atoms with Crippen molar-refractivity contribution in [3.05, 3.63) is 11.7 Å². The number of rotatable bonds is 2. The van der Waals surface area contributed by atoms with Crippen molar-refractivity contribution < 1.29 is 17.2 Å². The normalized spacial score (nSPS) is 23.6. The molecule has 0 aliphatic heterocycles. The molecule has 0 atom stereocenters. The summed E-state index contributed by atoms with van der Waals surface area (Å²) in [5.41, 5.74) is 0.163. The molecule has 0 saturated heterocycles. The van der Waals surface area contributed by atoms with Crippen LogP contribution in [0.4, 0.5) is 8.78 Å². The van der Waals surface area contributed by atoms with Gasteiger partial charge in [-0.2, -0.15) is 8.78 Å². The molecule has 14 heavy (non-hydrogen) atoms. The number of hydrogen-bond acceptors (Lipinski definition) is 2. The molecule has 0 aromatic heterocycles. The molecule has 0 radical (unpaired) electrons. The Labute approximate surface area is 82.0 Å². The number of halogens is 2. The van der Waals surface area contributed by atoms with Gasteiger partial charge in [-0.05, 0) is 37.2 Å². The summed E-state index contributed by atoms with van der Waals surface area (Å²) in [6.07, 6.45) is -0.0453. The number of primary sulfonamides is 1. The topological polar surface area (TPSA) is 60.2 Å². The molecule has 0 aromatic carbocycles. The molecule has 0 bridgehead atoms. The fraction of sp³-hybridized carbons (Fsp3) is 0.750. The average molecular weight is 225 g/mol. The van der Waals surface area contributed by atoms with E-state index in [-0.39, 0.29) is 17.2 Å². The smallest absolute Gasteiger partial charge is 0.229 e. The summed E-state index contributed by atoms with van der Waals surface area (Å²) in [6.45, 7) is 0. The quantitative estimate of drug-likeness (QED) is 0.776. The predicted molar refractivity (Wildman–Crippen MR) is 49.2 cm³/mol. The molecule has 0 unspecified atom stereocenters. The second-order valence-corrected chi connectivity index (χ2v) is 5.30. The van der Waals surface area contributed by atoms with Crippen molar-refractivity contribution in [1.29, 1.82) is 0 Å². The van der Waals surface area contributed by atoms with E-state index < -0.39 is 16.1 Å². The van der Waals surface area contributed by atoms with Gasteiger partial charge in [0.15, 0.2) is 0 Å². The highest BCUT2D eigenvalue weighted by atomic mass is 32.2. The van der Waals surface area contributed by atoms with Gasteiger partial charge in [0.2, 0.25) is 10.0 Å². The van der Waals surface area contributed by atoms with Gasteiger partial charge in [0, 0.05) is 0 Å². The van der Waals surface area contributed by atoms with Crippen LogP contribution in [-0.4, -0.2) is 14.2 Å². The molecular weight excluding hydrogens is 212 g/mol. The fourth-order valence-electron chi connectivity index (χ4n) is 1.71. The first-order valence-electron chi connectivity index (χ1n) is 4.42. The van der Waals surface area contributed by atoms with Crippen molar-refractivity contribution in [2.75, 3.05) is 5.75 Å². The van der Waals surface area contributed by atoms with Gasteiger partial charge < -0.3 is 0 Å². The van der Waals surface area contributed by atoms with Crippen LogP contribution in [0.1, 0.15) is 25.7 Å². The molecule has 2 N–H and O–H groups in total. The van der Waals surface area contributed by atoms with E-state index in [4.69, 9.17) is 5.14 Å². The van der Waals surface area contributed by atoms with E-state index in [1.807, 2.05) is 0 Å². The molecule has 6 heteroatoms. The van der Waals surface area contributed by atoms with Gasteiger partial charge in [-0.15, -0.1) is 0 Å². The van der Waals surface area contributed by atoms with Gasteiger partial charge in [0.05, 0.1) is 5.75 Å². The zero-order valence-corrected chi connectivity index (χ0v) is 8.49. The van der Waals surface area contributed by atoms with E-state index in [2.05, 4.69) is 0 Å². The molecule has 1 rings (SSSR count). The van der Waals surface area contributed by atoms with Crippen LogP contribution < -0.4 is 5.14 Å². The van der Waals surface area contributed by atoms with Crippen molar-refractivity contribution >= 4 is 10.0 Å². The van der Waals surface area contributed by atoms with Crippen LogP contribution in [-0.2, 0) is 10.0 Å². The van der Waals surface area contributed by atoms with Crippen LogP contribution in [0.15, 0.2) is 11.7 Å². The highest BCUT2D eigenvalue weighted by molar-refractivity contribution is 7.89. The summed E-state index contributed by atoms with van der Waals surface area (Å²) >= 11 is 0. The number of nitrogens with two attached hydrogens (primary N) is 1. The monoisotopic (exact) mass is 225 g/mol. The number of sulfonamides is 1. The van der Waals surface area contributed by atoms with E-state index in [0.29, 0.717) is 25.7 Å². The third-order valence-corrected chi connectivity index (χ3v) is 3.38. The molecule has 1 aliphatic rings. The lowest BCUT2D eigenvalue weighted by atomic mass is 9.87. The van der Waals surface area contributed by atoms with Crippen LogP contribution in [0.2, 0.25) is 0 Å². The first-order valence-corrected chi connectivity index (χ1v) is 6.13. The summed E-state index contributed by atoms with van der Waals surface area (Å²) in [5.74, 6) is -0.151. The second-order valence-electron chi connectivity index (χ2n) is 3.64. The van der Waals surface area contributed by atoms with Crippen LogP contribution in [0.25, 0.3) is 0 Å². The van der Waals surface area contributed by atoms with Gasteiger partial charge in [0.1, 0.15) is 0 Å². The molecule has 1 aliphatic carbocycles. The highest BCUT2D eigenvalue weighted by Crippen LogP contribution is 2.31. The van der Waals surface area contributed by atoms with E-state index in [1.54, 1.807) is 0 Å². The van der Waals surface area contributed by atoms with E-state index in [1.165, 1.54) is 0 Å². The molecular formula is C8H13F2NO2S. The Kier molecular flexibility index (Phi) is 3.60. The summed E-state index contributed by atoms with van der Waals surface area (Å²) < 4.78 is 45.7. The molecule has 1 saturated carbocycles. The van der Waals surface area contributed by atoms with Crippen molar-refractivity contribution in [2.45, 2.75) is 25.7 Å². The maximum Gasteiger partial charge on any atom is 0.269 e. The molecule has 3 nitrogen and oxygen atoms in total. The molecule has 82 valence electrons. The summed E-state index contributed by atoms with van der Waals surface area (Å²) in [7, 11) is -3.47. The molecule has 0 aromatic rings. The van der Waals surface area contributed by atoms with Gasteiger partial charge in [0.25, 0.3) is 6.08 Å². The molecule has 1 fully saturated rings. The van der Waals surface area contributed by atoms with Crippen LogP contribution in [0.5, 0.6) is 0 Å². The molecule has 0 amide bonds. The van der Waals surface area contributed by atoms with Gasteiger partial charge in [-0.3, -0.25) is 0 Å². The summed E-state index contributed by atoms with van der Waals surface area (Å²) in [5, 5.41) is 4.87. The maximum absolute atomic E-state index is 12.1. The maximum atomic E-state index is 12.1. The minimum Gasteiger partial charge on any atom is -0.229 e. The Morgan fingerprint density at radius 2 is 1.86 bits per heavy atom. The predicted octanol–water partition coefficient (Wildman–Crippen LogP) is 1.62. The van der Waals surface area contributed by atoms with E-state index >= 15 is 0 Å². The van der Waals surface area contributed by atoms with Crippen LogP contribution in [0.3, 0.4) is 0 Å². The van der Waals surface area contributed by atoms with Crippen LogP contribution >= 0.6 is 0 Å². The Hall–Kier alpha value is -0.490. The SMILES string of the molecule is NS(=O)(=O)CC1CCC(=C(F)F)CC1. The van der Waals surface area contributed by atoms with Gasteiger partial charge in [-0.25, -0.2) is 13.6 Å². The Morgan fingerprint density at radius 3 is 2.21 bits per heavy atom. The zero-order valence-electron chi connectivity index (χ0n) is 7.67. The second kappa shape index (κ2) is 4.35. The first-order chi connectivity index (χ1) is 6.38. The Morgan fingerprint density at radius 1 is 1.36 bits per heavy atom. The number of allylic oxidation sites excluding steroid dienone is 1. The lowest BCUT2D eigenvalue weighted by Crippen LogP contribution is -2.24. The number of hydrogen-bond donors (Lipinski definition) is 1. The minimum atomic E-state index is -3.47. The van der Waals surface area contributed by atoms with Crippen molar-refractivity contribution in [2.24, 2.45) is 11.1 Å². The summed E-state index contributed by atoms with van der Waals surface area (Å²) in [6, 6.07) is 0. The molecule has 0 spiro atoms. The minimum absolute atomic E-state index is 0.0619. The lowest BCUT2D eigenvalue weighted by Gasteiger charge is -2.22. The largest absolute Gasteiger partial charge is 0.269 e. The Bertz CT molecular complexity index is 323. The third-order valence-electron chi connectivity index (χ3n) is 2.44. The van der Waals surface area contributed by atoms with Crippen molar-refractivity contribution in [3.8, 4) is 0 Å². The van der Waals surface area contributed by atoms with Crippen LogP contribution in [0, 0.1) is 5.92 Å². The average Bonchev–Trinajstić information content (AvgIpc) is 2.02. The fourth-order valence-corrected chi connectivity index (χ4v) is 2.70. The van der Waals surface area contributed by atoms with Gasteiger partial charge in [-0.1, -0.05) is 0 Å². The van der Waals surface area contributed by atoms with Gasteiger partial charge >= 0.3 is 0 Å². The van der Waals surface area contributed by atoms with E-state index in [9.17, 15) is 17.2 Å². The van der Waals surface area contributed by atoms with E-state index in [0.717, 1.165) is 0 Å². The highest BCUT2D eigenvalue weighted by Gasteiger charge is 2.22. The third kappa shape index (κ3) is 3.71. The first kappa shape index (κ1) is 11.6. The summed E-state index contributed by atoms with van der Waals surface area (Å²) in [4.78, 5) is 0.